The van der Waals surface area contributed by atoms with Crippen LogP contribution in [0.5, 0.6) is 0 Å². The molecule has 4 aromatic carbocycles. The minimum atomic E-state index is -0.744. The van der Waals surface area contributed by atoms with Crippen LogP contribution < -0.4 is 14.9 Å². The summed E-state index contributed by atoms with van der Waals surface area (Å²) >= 11 is 3.50. The van der Waals surface area contributed by atoms with Gasteiger partial charge < -0.3 is 34.8 Å². The number of benzene rings is 4. The van der Waals surface area contributed by atoms with Gasteiger partial charge >= 0.3 is 17.1 Å². The molecule has 0 fully saturated rings. The number of anilines is 1. The normalized spacial score (nSPS) is 12.0. The molecule has 10 nitrogen and oxygen atoms in total. The van der Waals surface area contributed by atoms with Gasteiger partial charge in [0.15, 0.2) is 0 Å². The van der Waals surface area contributed by atoms with Gasteiger partial charge in [-0.1, -0.05) is 88.7 Å². The molecule has 1 radical (unpaired) electrons. The molecular weight excluding hydrogens is 730 g/mol. The zero-order chi connectivity index (χ0) is 32.7. The molecule has 0 aliphatic carbocycles. The molecule has 241 valence electrons. The molecule has 7 aromatic rings. The molecule has 3 aromatic heterocycles. The van der Waals surface area contributed by atoms with E-state index < -0.39 is 4.32 Å². The Hall–Kier alpha value is -5.29. The number of hydrogen-bond acceptors (Lipinski definition) is 7. The Kier molecular flexibility index (Phi) is 7.22. The van der Waals surface area contributed by atoms with Crippen LogP contribution in [0.3, 0.4) is 0 Å². The molecule has 1 amide bonds. The Bertz CT molecular complexity index is 2670. The minimum Gasteiger partial charge on any atom is -0.357 e. The van der Waals surface area contributed by atoms with Gasteiger partial charge in [0.25, 0.3) is 0 Å². The van der Waals surface area contributed by atoms with E-state index in [9.17, 15) is 4.79 Å². The summed E-state index contributed by atoms with van der Waals surface area (Å²) < 4.78 is -0.744. The van der Waals surface area contributed by atoms with Gasteiger partial charge in [0.2, 0.25) is 5.91 Å². The molecule has 5 heterocycles. The van der Waals surface area contributed by atoms with E-state index in [1.165, 1.54) is 0 Å². The Labute approximate surface area is 298 Å². The molecule has 0 saturated heterocycles. The maximum atomic E-state index is 13.2. The van der Waals surface area contributed by atoms with Crippen LogP contribution in [0.2, 0.25) is 0 Å². The van der Waals surface area contributed by atoms with Gasteiger partial charge in [-0.3, -0.25) is 4.79 Å². The SMILES string of the molecule is CN(C(=O)C(C)(C)Br)c1ccc2c(c1)-c1nc-2nc2[n-]c(nc3nc(nc4[n-]c(n1)c1ccccc41)-c1ccccc1-3)c1ccccc21.[Cu+2]. The molecule has 9 rings (SSSR count). The first-order valence-corrected chi connectivity index (χ1v) is 16.1. The van der Waals surface area contributed by atoms with Crippen LogP contribution in [-0.4, -0.2) is 47.2 Å². The van der Waals surface area contributed by atoms with E-state index in [1.54, 1.807) is 11.9 Å². The number of alkyl halides is 1. The first kappa shape index (κ1) is 31.0. The predicted octanol–water partition coefficient (Wildman–Crippen LogP) is 7.26. The number of carbonyl (C=O) groups excluding carboxylic acids is 1. The third kappa shape index (κ3) is 5.02. The Morgan fingerprint density at radius 1 is 0.571 bits per heavy atom. The second-order valence-electron chi connectivity index (χ2n) is 12.2. The van der Waals surface area contributed by atoms with Gasteiger partial charge in [0.05, 0.1) is 27.6 Å². The van der Waals surface area contributed by atoms with Crippen molar-refractivity contribution in [3.8, 4) is 45.6 Å². The topological polar surface area (TPSA) is 126 Å². The Morgan fingerprint density at radius 2 is 0.939 bits per heavy atom. The van der Waals surface area contributed by atoms with Gasteiger partial charge in [0.1, 0.15) is 0 Å². The standard InChI is InChI=1S/C37H24BrN9O.Cu/c1-37(2,38)36(48)47(3)19-16-17-26-27(18-19)35-45-33-25-15-9-8-14-24(25)31(43-33)41-29-21-11-5-4-10-20(21)28(39-29)40-30-22-12-6-7-13-23(22)32(42-30)44-34(26)46-35;/h4-18H,1-3H3;/q-2;+2. The fourth-order valence-corrected chi connectivity index (χ4v) is 6.49. The van der Waals surface area contributed by atoms with E-state index in [0.29, 0.717) is 51.6 Å². The first-order valence-electron chi connectivity index (χ1n) is 15.3. The third-order valence-electron chi connectivity index (χ3n) is 8.61. The van der Waals surface area contributed by atoms with Crippen LogP contribution >= 0.6 is 15.9 Å². The number of nitrogens with zero attached hydrogens (tertiary/aromatic N) is 9. The largest absolute Gasteiger partial charge is 2.00 e. The Morgan fingerprint density at radius 3 is 1.35 bits per heavy atom. The molecule has 8 bridgehead atoms. The maximum absolute atomic E-state index is 13.2. The summed E-state index contributed by atoms with van der Waals surface area (Å²) in [7, 11) is 1.75. The van der Waals surface area contributed by atoms with Crippen LogP contribution in [0.25, 0.3) is 89.7 Å². The number of fused-ring (bicyclic) bond motifs is 20. The van der Waals surface area contributed by atoms with Gasteiger partial charge in [0, 0.05) is 57.6 Å². The quantitative estimate of drug-likeness (QED) is 0.132. The monoisotopic (exact) mass is 752 g/mol. The molecule has 0 saturated carbocycles. The zero-order valence-corrected chi connectivity index (χ0v) is 28.8. The van der Waals surface area contributed by atoms with Crippen molar-refractivity contribution in [1.29, 1.82) is 0 Å². The van der Waals surface area contributed by atoms with Crippen molar-refractivity contribution in [2.45, 2.75) is 18.2 Å². The van der Waals surface area contributed by atoms with Crippen molar-refractivity contribution < 1.29 is 21.9 Å². The van der Waals surface area contributed by atoms with Crippen LogP contribution in [-0.2, 0) is 21.9 Å². The summed E-state index contributed by atoms with van der Waals surface area (Å²) in [5, 5.41) is 3.35. The smallest absolute Gasteiger partial charge is 0.357 e. The third-order valence-corrected chi connectivity index (χ3v) is 8.95. The molecule has 12 heteroatoms. The van der Waals surface area contributed by atoms with E-state index in [-0.39, 0.29) is 23.0 Å². The summed E-state index contributed by atoms with van der Waals surface area (Å²) in [5.41, 5.74) is 5.86. The van der Waals surface area contributed by atoms with Crippen molar-refractivity contribution in [1.82, 2.24) is 39.9 Å². The summed E-state index contributed by atoms with van der Waals surface area (Å²) in [6.45, 7) is 3.65. The molecule has 0 atom stereocenters. The number of rotatable bonds is 2. The summed E-state index contributed by atoms with van der Waals surface area (Å²) in [4.78, 5) is 54.5. The van der Waals surface area contributed by atoms with Gasteiger partial charge in [-0.25, -0.2) is 9.97 Å². The summed E-state index contributed by atoms with van der Waals surface area (Å²) in [5.74, 6) is 1.81. The Balaban J connectivity index is 0.00000348. The van der Waals surface area contributed by atoms with E-state index >= 15 is 0 Å². The molecule has 2 aliphatic heterocycles. The molecule has 0 N–H and O–H groups in total. The number of amides is 1. The van der Waals surface area contributed by atoms with Crippen molar-refractivity contribution in [3.05, 3.63) is 91.0 Å². The summed E-state index contributed by atoms with van der Waals surface area (Å²) in [6, 6.07) is 29.3. The second kappa shape index (κ2) is 11.4. The van der Waals surface area contributed by atoms with Crippen LogP contribution in [0, 0.1) is 0 Å². The second-order valence-corrected chi connectivity index (χ2v) is 14.2. The minimum absolute atomic E-state index is 0. The predicted molar refractivity (Wildman–Crippen MR) is 190 cm³/mol. The summed E-state index contributed by atoms with van der Waals surface area (Å²) in [6.07, 6.45) is 0. The first-order chi connectivity index (χ1) is 23.2. The van der Waals surface area contributed by atoms with Crippen molar-refractivity contribution in [2.75, 3.05) is 11.9 Å². The number of hydrogen-bond donors (Lipinski definition) is 0. The fourth-order valence-electron chi connectivity index (χ4n) is 6.22. The van der Waals surface area contributed by atoms with Gasteiger partial charge in [-0.05, 0) is 53.6 Å². The van der Waals surface area contributed by atoms with E-state index in [4.69, 9.17) is 39.9 Å². The van der Waals surface area contributed by atoms with Gasteiger partial charge in [-0.2, -0.15) is 0 Å². The zero-order valence-electron chi connectivity index (χ0n) is 26.3. The number of aromatic nitrogens is 8. The average molecular weight is 754 g/mol. The molecule has 2 aliphatic rings. The van der Waals surface area contributed by atoms with Crippen LogP contribution in [0.15, 0.2) is 91.0 Å². The van der Waals surface area contributed by atoms with E-state index in [1.807, 2.05) is 105 Å². The fraction of sp³-hybridized carbons (Fsp3) is 0.108. The van der Waals surface area contributed by atoms with Crippen molar-refractivity contribution >= 4 is 71.7 Å². The molecule has 0 spiro atoms. The van der Waals surface area contributed by atoms with Crippen LogP contribution in [0.1, 0.15) is 13.8 Å². The average Bonchev–Trinajstić information content (AvgIpc) is 3.82. The van der Waals surface area contributed by atoms with Crippen molar-refractivity contribution in [2.24, 2.45) is 0 Å². The molecular formula is C37H24BrCuN9O. The van der Waals surface area contributed by atoms with Crippen LogP contribution in [0.4, 0.5) is 5.69 Å². The number of carbonyl (C=O) groups is 1. The molecule has 0 unspecified atom stereocenters. The van der Waals surface area contributed by atoms with E-state index in [0.717, 1.165) is 43.8 Å². The maximum Gasteiger partial charge on any atom is 2.00 e. The number of halogens is 1. The van der Waals surface area contributed by atoms with Gasteiger partial charge in [-0.15, -0.1) is 0 Å². The van der Waals surface area contributed by atoms with E-state index in [2.05, 4.69) is 15.9 Å². The van der Waals surface area contributed by atoms with Crippen molar-refractivity contribution in [3.63, 3.8) is 0 Å². The molecule has 49 heavy (non-hydrogen) atoms.